The third kappa shape index (κ3) is 6.01. The number of β-amino-alcohol motifs (C(OH)–C–C–N with tert-alkyl or cyclic N) is 1. The van der Waals surface area contributed by atoms with E-state index >= 15 is 0 Å². The van der Waals surface area contributed by atoms with E-state index in [9.17, 15) is 9.50 Å². The van der Waals surface area contributed by atoms with Crippen LogP contribution in [-0.2, 0) is 0 Å². The number of ether oxygens (including phenoxy) is 1. The molecule has 180 valence electrons. The van der Waals surface area contributed by atoms with Crippen molar-refractivity contribution in [3.05, 3.63) is 93.7 Å². The molecule has 0 bridgehead atoms. The molecule has 1 aliphatic heterocycles. The lowest BCUT2D eigenvalue weighted by molar-refractivity contribution is 0.100. The SMILES string of the molecule is OCCOc1ccc(N2CCN(CC(O)c3ccc(F)cc3)C[C@H]2c2ccc(Cl)cc2)c(Cl)c1. The number of nitrogens with zero attached hydrogens (tertiary/aromatic N) is 2. The van der Waals surface area contributed by atoms with Crippen LogP contribution in [0.1, 0.15) is 23.3 Å². The Labute approximate surface area is 208 Å². The van der Waals surface area contributed by atoms with Crippen molar-refractivity contribution in [3.63, 3.8) is 0 Å². The lowest BCUT2D eigenvalue weighted by atomic mass is 10.00. The van der Waals surface area contributed by atoms with E-state index in [1.165, 1.54) is 12.1 Å². The topological polar surface area (TPSA) is 56.2 Å². The molecule has 1 saturated heterocycles. The minimum atomic E-state index is -0.718. The van der Waals surface area contributed by atoms with Crippen molar-refractivity contribution in [1.29, 1.82) is 0 Å². The average molecular weight is 505 g/mol. The van der Waals surface area contributed by atoms with Crippen molar-refractivity contribution in [2.24, 2.45) is 0 Å². The van der Waals surface area contributed by atoms with Crippen LogP contribution >= 0.6 is 23.2 Å². The third-order valence-corrected chi connectivity index (χ3v) is 6.55. The summed E-state index contributed by atoms with van der Waals surface area (Å²) >= 11 is 12.8. The zero-order chi connectivity index (χ0) is 24.1. The molecule has 1 unspecified atom stereocenters. The molecule has 2 atom stereocenters. The fraction of sp³-hybridized carbons (Fsp3) is 0.308. The number of halogens is 3. The van der Waals surface area contributed by atoms with Gasteiger partial charge in [-0.15, -0.1) is 0 Å². The first-order chi connectivity index (χ1) is 16.4. The summed E-state index contributed by atoms with van der Waals surface area (Å²) in [4.78, 5) is 4.46. The number of aliphatic hydroxyl groups excluding tert-OH is 2. The molecule has 8 heteroatoms. The van der Waals surface area contributed by atoms with Crippen LogP contribution in [-0.4, -0.2) is 54.5 Å². The second kappa shape index (κ2) is 11.4. The summed E-state index contributed by atoms with van der Waals surface area (Å²) < 4.78 is 18.7. The molecule has 0 aliphatic carbocycles. The third-order valence-electron chi connectivity index (χ3n) is 5.99. The first kappa shape index (κ1) is 24.8. The molecule has 1 heterocycles. The molecular formula is C26H27Cl2FN2O3. The molecule has 0 saturated carbocycles. The minimum absolute atomic E-state index is 0.0202. The van der Waals surface area contributed by atoms with E-state index in [4.69, 9.17) is 33.0 Å². The molecule has 0 spiro atoms. The van der Waals surface area contributed by atoms with Gasteiger partial charge in [0.05, 0.1) is 29.5 Å². The van der Waals surface area contributed by atoms with Crippen molar-refractivity contribution in [1.82, 2.24) is 4.90 Å². The number of rotatable bonds is 8. The van der Waals surface area contributed by atoms with Crippen LogP contribution in [0.3, 0.4) is 0 Å². The van der Waals surface area contributed by atoms with Crippen molar-refractivity contribution in [2.45, 2.75) is 12.1 Å². The zero-order valence-electron chi connectivity index (χ0n) is 18.6. The van der Waals surface area contributed by atoms with Crippen LogP contribution in [0, 0.1) is 5.82 Å². The first-order valence-electron chi connectivity index (χ1n) is 11.2. The highest BCUT2D eigenvalue weighted by Gasteiger charge is 2.31. The van der Waals surface area contributed by atoms with Crippen molar-refractivity contribution < 1.29 is 19.3 Å². The number of hydrogen-bond acceptors (Lipinski definition) is 5. The Hall–Kier alpha value is -2.35. The standard InChI is InChI=1S/C26H27Cl2FN2O3/c27-20-5-1-18(2-6-20)25-16-30(17-26(33)19-3-7-21(29)8-4-19)11-12-31(25)24-10-9-22(15-23(24)28)34-14-13-32/h1-10,15,25-26,32-33H,11-14,16-17H2/t25-,26?/m0/s1. The van der Waals surface area contributed by atoms with E-state index in [2.05, 4.69) is 9.80 Å². The highest BCUT2D eigenvalue weighted by Crippen LogP contribution is 2.37. The predicted molar refractivity (Wildman–Crippen MR) is 133 cm³/mol. The van der Waals surface area contributed by atoms with Gasteiger partial charge in [-0.25, -0.2) is 4.39 Å². The maximum absolute atomic E-state index is 13.3. The van der Waals surface area contributed by atoms with E-state index in [-0.39, 0.29) is 25.1 Å². The van der Waals surface area contributed by atoms with E-state index in [1.54, 1.807) is 18.2 Å². The predicted octanol–water partition coefficient (Wildman–Crippen LogP) is 5.10. The molecule has 3 aromatic rings. The van der Waals surface area contributed by atoms with Gasteiger partial charge in [-0.05, 0) is 47.5 Å². The lowest BCUT2D eigenvalue weighted by Gasteiger charge is -2.44. The fourth-order valence-corrected chi connectivity index (χ4v) is 4.68. The van der Waals surface area contributed by atoms with Crippen LogP contribution in [0.4, 0.5) is 10.1 Å². The van der Waals surface area contributed by atoms with E-state index < -0.39 is 6.10 Å². The van der Waals surface area contributed by atoms with Crippen LogP contribution < -0.4 is 9.64 Å². The van der Waals surface area contributed by atoms with Gasteiger partial charge in [-0.3, -0.25) is 4.90 Å². The number of piperazine rings is 1. The van der Waals surface area contributed by atoms with E-state index in [0.717, 1.165) is 17.8 Å². The van der Waals surface area contributed by atoms with Gasteiger partial charge < -0.3 is 19.8 Å². The summed E-state index contributed by atoms with van der Waals surface area (Å²) in [6, 6.07) is 19.2. The fourth-order valence-electron chi connectivity index (χ4n) is 4.27. The highest BCUT2D eigenvalue weighted by atomic mass is 35.5. The normalized spacial score (nSPS) is 17.6. The van der Waals surface area contributed by atoms with Gasteiger partial charge in [0.15, 0.2) is 0 Å². The van der Waals surface area contributed by atoms with Gasteiger partial charge in [0.2, 0.25) is 0 Å². The van der Waals surface area contributed by atoms with Crippen LogP contribution in [0.5, 0.6) is 5.75 Å². The van der Waals surface area contributed by atoms with E-state index in [1.807, 2.05) is 36.4 Å². The van der Waals surface area contributed by atoms with Gasteiger partial charge in [0, 0.05) is 37.3 Å². The summed E-state index contributed by atoms with van der Waals surface area (Å²) in [6.45, 7) is 2.66. The molecule has 0 radical (unpaired) electrons. The Bertz CT molecular complexity index is 1080. The van der Waals surface area contributed by atoms with Crippen molar-refractivity contribution in [2.75, 3.05) is 44.3 Å². The van der Waals surface area contributed by atoms with Gasteiger partial charge in [0.1, 0.15) is 18.2 Å². The molecule has 34 heavy (non-hydrogen) atoms. The molecule has 1 fully saturated rings. The summed E-state index contributed by atoms with van der Waals surface area (Å²) in [5, 5.41) is 21.0. The second-order valence-electron chi connectivity index (χ2n) is 8.27. The molecule has 3 aromatic carbocycles. The molecule has 0 aromatic heterocycles. The highest BCUT2D eigenvalue weighted by molar-refractivity contribution is 6.33. The van der Waals surface area contributed by atoms with Crippen molar-refractivity contribution >= 4 is 28.9 Å². The van der Waals surface area contributed by atoms with Gasteiger partial charge in [-0.2, -0.15) is 0 Å². The first-order valence-corrected chi connectivity index (χ1v) is 11.9. The Morgan fingerprint density at radius 3 is 2.41 bits per heavy atom. The maximum Gasteiger partial charge on any atom is 0.123 e. The van der Waals surface area contributed by atoms with Crippen LogP contribution in [0.2, 0.25) is 10.0 Å². The smallest absolute Gasteiger partial charge is 0.123 e. The second-order valence-corrected chi connectivity index (χ2v) is 9.12. The molecule has 2 N–H and O–H groups in total. The molecule has 4 rings (SSSR count). The Balaban J connectivity index is 1.55. The van der Waals surface area contributed by atoms with Gasteiger partial charge in [-0.1, -0.05) is 47.5 Å². The molecule has 5 nitrogen and oxygen atoms in total. The average Bonchev–Trinajstić information content (AvgIpc) is 2.84. The van der Waals surface area contributed by atoms with Gasteiger partial charge in [0.25, 0.3) is 0 Å². The van der Waals surface area contributed by atoms with Crippen LogP contribution in [0.15, 0.2) is 66.7 Å². The molecule has 1 aliphatic rings. The minimum Gasteiger partial charge on any atom is -0.491 e. The monoisotopic (exact) mass is 504 g/mol. The zero-order valence-corrected chi connectivity index (χ0v) is 20.1. The Morgan fingerprint density at radius 1 is 1.00 bits per heavy atom. The largest absolute Gasteiger partial charge is 0.491 e. The Kier molecular flexibility index (Phi) is 8.29. The maximum atomic E-state index is 13.3. The summed E-state index contributed by atoms with van der Waals surface area (Å²) in [6.07, 6.45) is -0.718. The Morgan fingerprint density at radius 2 is 1.74 bits per heavy atom. The summed E-state index contributed by atoms with van der Waals surface area (Å²) in [5.74, 6) is 0.281. The number of aliphatic hydroxyl groups is 2. The summed E-state index contributed by atoms with van der Waals surface area (Å²) in [5.41, 5.74) is 2.66. The van der Waals surface area contributed by atoms with Gasteiger partial charge >= 0.3 is 0 Å². The molecule has 0 amide bonds. The number of anilines is 1. The van der Waals surface area contributed by atoms with Crippen molar-refractivity contribution in [3.8, 4) is 5.75 Å². The van der Waals surface area contributed by atoms with E-state index in [0.29, 0.717) is 41.0 Å². The van der Waals surface area contributed by atoms with Crippen LogP contribution in [0.25, 0.3) is 0 Å². The number of hydrogen-bond donors (Lipinski definition) is 2. The molecular weight excluding hydrogens is 478 g/mol. The lowest BCUT2D eigenvalue weighted by Crippen LogP contribution is -2.49. The quantitative estimate of drug-likeness (QED) is 0.446. The summed E-state index contributed by atoms with van der Waals surface area (Å²) in [7, 11) is 0. The number of benzene rings is 3.